The molecule has 0 bridgehead atoms. The lowest BCUT2D eigenvalue weighted by Gasteiger charge is -2.51. The summed E-state index contributed by atoms with van der Waals surface area (Å²) in [5.41, 5.74) is 1.00. The van der Waals surface area contributed by atoms with Gasteiger partial charge in [0.2, 0.25) is 0 Å². The van der Waals surface area contributed by atoms with Gasteiger partial charge in [0.05, 0.1) is 25.2 Å². The molecule has 7 heteroatoms. The number of rotatable bonds is 10. The number of allylic oxidation sites excluding steroid dienone is 1. The van der Waals surface area contributed by atoms with Crippen molar-refractivity contribution in [2.45, 2.75) is 51.7 Å². The smallest absolute Gasteiger partial charge is 0.311 e. The van der Waals surface area contributed by atoms with Gasteiger partial charge in [0.1, 0.15) is 6.10 Å². The van der Waals surface area contributed by atoms with Crippen LogP contribution in [0.2, 0.25) is 0 Å². The first kappa shape index (κ1) is 22.7. The summed E-state index contributed by atoms with van der Waals surface area (Å²) in [6.45, 7) is 7.67. The average Bonchev–Trinajstić information content (AvgIpc) is 3.00. The Labute approximate surface area is 174 Å². The van der Waals surface area contributed by atoms with Crippen LogP contribution in [-0.2, 0) is 9.53 Å². The molecule has 4 N–H and O–H groups in total. The maximum absolute atomic E-state index is 12.6. The predicted octanol–water partition coefficient (Wildman–Crippen LogP) is 0.538. The van der Waals surface area contributed by atoms with Crippen LogP contribution in [0.3, 0.4) is 0 Å². The third-order valence-corrected chi connectivity index (χ3v) is 7.59. The van der Waals surface area contributed by atoms with E-state index in [0.717, 1.165) is 38.8 Å². The van der Waals surface area contributed by atoms with Gasteiger partial charge < -0.3 is 25.4 Å². The minimum absolute atomic E-state index is 0.0793. The van der Waals surface area contributed by atoms with Crippen LogP contribution in [0.5, 0.6) is 0 Å². The maximum atomic E-state index is 12.6. The van der Waals surface area contributed by atoms with Crippen molar-refractivity contribution in [3.63, 3.8) is 0 Å². The summed E-state index contributed by atoms with van der Waals surface area (Å²) >= 11 is 0. The molecule has 0 aromatic heterocycles. The van der Waals surface area contributed by atoms with Crippen LogP contribution in [-0.4, -0.2) is 84.3 Å². The molecule has 29 heavy (non-hydrogen) atoms. The molecule has 2 aliphatic carbocycles. The fourth-order valence-electron chi connectivity index (χ4n) is 5.60. The van der Waals surface area contributed by atoms with Crippen molar-refractivity contribution in [1.29, 1.82) is 0 Å². The molecule has 6 atom stereocenters. The SMILES string of the molecule is C[C@H]1CCC=C2C[C@H]3OC(=O)[C@@H](CNCCCN(CCO)CCO)[C@H]3[C@@H](O)[C@@]21C. The Hall–Kier alpha value is -0.990. The summed E-state index contributed by atoms with van der Waals surface area (Å²) in [5, 5.41) is 32.9. The van der Waals surface area contributed by atoms with Gasteiger partial charge in [-0.1, -0.05) is 25.5 Å². The van der Waals surface area contributed by atoms with Crippen molar-refractivity contribution in [2.75, 3.05) is 45.9 Å². The average molecular weight is 411 g/mol. The number of esters is 1. The first-order valence-corrected chi connectivity index (χ1v) is 11.2. The second-order valence-corrected chi connectivity index (χ2v) is 9.15. The van der Waals surface area contributed by atoms with Crippen LogP contribution in [0.25, 0.3) is 0 Å². The molecule has 2 fully saturated rings. The van der Waals surface area contributed by atoms with Gasteiger partial charge >= 0.3 is 5.97 Å². The van der Waals surface area contributed by atoms with Crippen LogP contribution in [0, 0.1) is 23.2 Å². The number of aliphatic hydroxyl groups excluding tert-OH is 3. The Bertz CT molecular complexity index is 592. The highest BCUT2D eigenvalue weighted by molar-refractivity contribution is 5.76. The fourth-order valence-corrected chi connectivity index (χ4v) is 5.60. The zero-order chi connectivity index (χ0) is 21.0. The number of carbonyl (C=O) groups is 1. The van der Waals surface area contributed by atoms with E-state index in [2.05, 4.69) is 25.2 Å². The quantitative estimate of drug-likeness (QED) is 0.237. The summed E-state index contributed by atoms with van der Waals surface area (Å²) in [7, 11) is 0. The number of nitrogens with one attached hydrogen (secondary N) is 1. The highest BCUT2D eigenvalue weighted by Gasteiger charge is 2.59. The van der Waals surface area contributed by atoms with Crippen molar-refractivity contribution < 1.29 is 24.9 Å². The lowest BCUT2D eigenvalue weighted by atomic mass is 9.55. The Balaban J connectivity index is 1.55. The number of aliphatic hydroxyl groups is 3. The van der Waals surface area contributed by atoms with Crippen molar-refractivity contribution in [1.82, 2.24) is 10.2 Å². The van der Waals surface area contributed by atoms with E-state index >= 15 is 0 Å². The Morgan fingerprint density at radius 1 is 1.28 bits per heavy atom. The first-order valence-electron chi connectivity index (χ1n) is 11.2. The predicted molar refractivity (Wildman–Crippen MR) is 110 cm³/mol. The van der Waals surface area contributed by atoms with Crippen molar-refractivity contribution in [3.8, 4) is 0 Å². The topological polar surface area (TPSA) is 102 Å². The third kappa shape index (κ3) is 4.54. The first-order chi connectivity index (χ1) is 13.9. The van der Waals surface area contributed by atoms with Gasteiger partial charge in [0.15, 0.2) is 0 Å². The summed E-state index contributed by atoms with van der Waals surface area (Å²) in [4.78, 5) is 14.6. The van der Waals surface area contributed by atoms with Crippen LogP contribution in [0.15, 0.2) is 11.6 Å². The van der Waals surface area contributed by atoms with Gasteiger partial charge in [0.25, 0.3) is 0 Å². The van der Waals surface area contributed by atoms with Gasteiger partial charge in [0, 0.05) is 37.4 Å². The number of nitrogens with zero attached hydrogens (tertiary/aromatic N) is 1. The summed E-state index contributed by atoms with van der Waals surface area (Å²) in [5.74, 6) is -0.262. The van der Waals surface area contributed by atoms with Crippen molar-refractivity contribution in [3.05, 3.63) is 11.6 Å². The van der Waals surface area contributed by atoms with E-state index in [9.17, 15) is 9.90 Å². The highest BCUT2D eigenvalue weighted by atomic mass is 16.6. The number of carbonyl (C=O) groups excluding carboxylic acids is 1. The second kappa shape index (κ2) is 9.88. The van der Waals surface area contributed by atoms with Crippen LogP contribution in [0.4, 0.5) is 0 Å². The summed E-state index contributed by atoms with van der Waals surface area (Å²) in [6.07, 6.45) is 5.21. The standard InChI is InChI=1S/C22H38N2O5/c1-15-5-3-6-16-13-18-19(20(27)22(15,16)2)17(21(28)29-18)14-23-7-4-8-24(9-11-25)10-12-26/h6,15,17-20,23,25-27H,3-5,7-14H2,1-2H3/t15-,17-,18+,19+,20+,22+/m0/s1. The fraction of sp³-hybridized carbons (Fsp3) is 0.864. The van der Waals surface area contributed by atoms with Gasteiger partial charge in [-0.25, -0.2) is 0 Å². The normalized spacial score (nSPS) is 36.6. The molecular weight excluding hydrogens is 372 g/mol. The van der Waals surface area contributed by atoms with Crippen molar-refractivity contribution >= 4 is 5.97 Å². The Morgan fingerprint density at radius 3 is 2.69 bits per heavy atom. The van der Waals surface area contributed by atoms with E-state index in [1.54, 1.807) is 0 Å². The second-order valence-electron chi connectivity index (χ2n) is 9.15. The van der Waals surface area contributed by atoms with Gasteiger partial charge in [-0.2, -0.15) is 0 Å². The molecule has 1 aliphatic heterocycles. The molecule has 3 aliphatic rings. The molecule has 1 heterocycles. The van der Waals surface area contributed by atoms with Gasteiger partial charge in [-0.15, -0.1) is 0 Å². The number of ether oxygens (including phenoxy) is 1. The van der Waals surface area contributed by atoms with E-state index in [1.165, 1.54) is 5.57 Å². The minimum Gasteiger partial charge on any atom is -0.461 e. The molecule has 0 radical (unpaired) electrons. The molecule has 0 unspecified atom stereocenters. The van der Waals surface area contributed by atoms with E-state index < -0.39 is 6.10 Å². The van der Waals surface area contributed by atoms with E-state index in [-0.39, 0.29) is 42.5 Å². The molecular formula is C22H38N2O5. The van der Waals surface area contributed by atoms with Gasteiger partial charge in [-0.3, -0.25) is 9.69 Å². The molecule has 7 nitrogen and oxygen atoms in total. The lowest BCUT2D eigenvalue weighted by molar-refractivity contribution is -0.144. The van der Waals surface area contributed by atoms with Crippen molar-refractivity contribution in [2.24, 2.45) is 23.2 Å². The number of fused-ring (bicyclic) bond motifs is 2. The minimum atomic E-state index is -0.564. The molecule has 1 saturated heterocycles. The van der Waals surface area contributed by atoms with Gasteiger partial charge in [-0.05, 0) is 38.3 Å². The molecule has 166 valence electrons. The highest BCUT2D eigenvalue weighted by Crippen LogP contribution is 2.55. The zero-order valence-corrected chi connectivity index (χ0v) is 17.8. The lowest BCUT2D eigenvalue weighted by Crippen LogP contribution is -2.54. The van der Waals surface area contributed by atoms with Crippen LogP contribution in [0.1, 0.15) is 39.5 Å². The molecule has 0 amide bonds. The largest absolute Gasteiger partial charge is 0.461 e. The Kier molecular flexibility index (Phi) is 7.73. The van der Waals surface area contributed by atoms with Crippen LogP contribution < -0.4 is 5.32 Å². The zero-order valence-electron chi connectivity index (χ0n) is 17.8. The Morgan fingerprint density at radius 2 is 2.00 bits per heavy atom. The van der Waals surface area contributed by atoms with E-state index in [4.69, 9.17) is 14.9 Å². The monoisotopic (exact) mass is 410 g/mol. The molecule has 0 spiro atoms. The number of hydrogen-bond acceptors (Lipinski definition) is 7. The molecule has 0 aromatic rings. The molecule has 1 saturated carbocycles. The maximum Gasteiger partial charge on any atom is 0.311 e. The van der Waals surface area contributed by atoms with E-state index in [1.807, 2.05) is 4.90 Å². The summed E-state index contributed by atoms with van der Waals surface area (Å²) in [6, 6.07) is 0. The summed E-state index contributed by atoms with van der Waals surface area (Å²) < 4.78 is 5.69. The van der Waals surface area contributed by atoms with E-state index in [0.29, 0.717) is 25.6 Å². The third-order valence-electron chi connectivity index (χ3n) is 7.59. The molecule has 3 rings (SSSR count). The number of hydrogen-bond donors (Lipinski definition) is 4. The van der Waals surface area contributed by atoms with Crippen LogP contribution >= 0.6 is 0 Å². The molecule has 0 aromatic carbocycles.